The number of cyclic esters (lactones) is 1. The predicted octanol–water partition coefficient (Wildman–Crippen LogP) is 4.19. The number of carbonyl (C=O) groups excluding carboxylic acids is 1. The van der Waals surface area contributed by atoms with Crippen LogP contribution in [0.1, 0.15) is 11.1 Å². The fourth-order valence-corrected chi connectivity index (χ4v) is 2.79. The Bertz CT molecular complexity index is 1010. The number of rotatable bonds is 3. The Hall–Kier alpha value is -3.40. The van der Waals surface area contributed by atoms with Crippen molar-refractivity contribution in [3.05, 3.63) is 83.6 Å². The summed E-state index contributed by atoms with van der Waals surface area (Å²) in [6.07, 6.45) is 1.71. The summed E-state index contributed by atoms with van der Waals surface area (Å²) < 4.78 is 10.5. The highest BCUT2D eigenvalue weighted by Gasteiger charge is 2.25. The fraction of sp³-hybridized carbons (Fsp3) is 0.0476. The number of hydrogen-bond acceptors (Lipinski definition) is 4. The molecule has 0 atom stereocenters. The first kappa shape index (κ1) is 15.1. The van der Waals surface area contributed by atoms with E-state index in [0.717, 1.165) is 27.6 Å². The molecule has 0 saturated carbocycles. The van der Waals surface area contributed by atoms with Gasteiger partial charge in [-0.2, -0.15) is 0 Å². The van der Waals surface area contributed by atoms with E-state index in [9.17, 15) is 4.79 Å². The molecule has 3 aromatic rings. The molecule has 4 heteroatoms. The third kappa shape index (κ3) is 2.90. The summed E-state index contributed by atoms with van der Waals surface area (Å²) in [6, 6.07) is 21.2. The number of methoxy groups -OCH3 is 1. The normalized spacial score (nSPS) is 15.3. The number of fused-ring (bicyclic) bond motifs is 1. The number of ether oxygens (including phenoxy) is 2. The molecular weight excluding hydrogens is 314 g/mol. The lowest BCUT2D eigenvalue weighted by atomic mass is 10.0. The SMILES string of the molecule is COc1ccc(/C=C2\N=C(c3cccc4ccccc34)OC2=O)cc1. The minimum absolute atomic E-state index is 0.285. The monoisotopic (exact) mass is 329 g/mol. The molecule has 0 spiro atoms. The highest BCUT2D eigenvalue weighted by atomic mass is 16.6. The summed E-state index contributed by atoms with van der Waals surface area (Å²) in [5.74, 6) is 0.649. The minimum Gasteiger partial charge on any atom is -0.497 e. The fourth-order valence-electron chi connectivity index (χ4n) is 2.79. The van der Waals surface area contributed by atoms with Crippen molar-refractivity contribution in [2.24, 2.45) is 4.99 Å². The van der Waals surface area contributed by atoms with Gasteiger partial charge in [-0.25, -0.2) is 9.79 Å². The third-order valence-electron chi connectivity index (χ3n) is 4.06. The third-order valence-corrected chi connectivity index (χ3v) is 4.06. The summed E-state index contributed by atoms with van der Waals surface area (Å²) in [5, 5.41) is 2.08. The van der Waals surface area contributed by atoms with E-state index < -0.39 is 5.97 Å². The van der Waals surface area contributed by atoms with Gasteiger partial charge in [-0.05, 0) is 40.6 Å². The first-order chi connectivity index (χ1) is 12.2. The lowest BCUT2D eigenvalue weighted by molar-refractivity contribution is -0.129. The van der Waals surface area contributed by atoms with E-state index in [-0.39, 0.29) is 5.70 Å². The largest absolute Gasteiger partial charge is 0.497 e. The maximum Gasteiger partial charge on any atom is 0.363 e. The summed E-state index contributed by atoms with van der Waals surface area (Å²) in [4.78, 5) is 16.6. The average molecular weight is 329 g/mol. The maximum absolute atomic E-state index is 12.2. The molecule has 1 aliphatic rings. The number of carbonyl (C=O) groups is 1. The summed E-state index contributed by atoms with van der Waals surface area (Å²) in [5.41, 5.74) is 1.95. The Balaban J connectivity index is 1.73. The second-order valence-electron chi connectivity index (χ2n) is 5.64. The lowest BCUT2D eigenvalue weighted by Crippen LogP contribution is -2.05. The zero-order chi connectivity index (χ0) is 17.2. The second-order valence-corrected chi connectivity index (χ2v) is 5.64. The molecule has 4 rings (SSSR count). The quantitative estimate of drug-likeness (QED) is 0.535. The van der Waals surface area contributed by atoms with Crippen LogP contribution >= 0.6 is 0 Å². The first-order valence-corrected chi connectivity index (χ1v) is 7.89. The molecule has 0 saturated heterocycles. The van der Waals surface area contributed by atoms with E-state index in [2.05, 4.69) is 4.99 Å². The Morgan fingerprint density at radius 1 is 0.960 bits per heavy atom. The van der Waals surface area contributed by atoms with Gasteiger partial charge in [0.1, 0.15) is 5.75 Å². The second kappa shape index (κ2) is 6.24. The molecule has 0 unspecified atom stereocenters. The topological polar surface area (TPSA) is 47.9 Å². The molecule has 0 radical (unpaired) electrons. The van der Waals surface area contributed by atoms with E-state index in [0.29, 0.717) is 5.90 Å². The van der Waals surface area contributed by atoms with Crippen LogP contribution in [0.3, 0.4) is 0 Å². The van der Waals surface area contributed by atoms with Crippen LogP contribution in [0.5, 0.6) is 5.75 Å². The first-order valence-electron chi connectivity index (χ1n) is 7.89. The summed E-state index contributed by atoms with van der Waals surface area (Å²) in [7, 11) is 1.61. The number of nitrogens with zero attached hydrogens (tertiary/aromatic N) is 1. The van der Waals surface area contributed by atoms with Crippen molar-refractivity contribution in [3.8, 4) is 5.75 Å². The Labute approximate surface area is 145 Å². The number of hydrogen-bond donors (Lipinski definition) is 0. The highest BCUT2D eigenvalue weighted by Crippen LogP contribution is 2.25. The van der Waals surface area contributed by atoms with Gasteiger partial charge >= 0.3 is 5.97 Å². The van der Waals surface area contributed by atoms with Crippen LogP contribution < -0.4 is 4.74 Å². The van der Waals surface area contributed by atoms with E-state index in [4.69, 9.17) is 9.47 Å². The van der Waals surface area contributed by atoms with Crippen LogP contribution in [0.25, 0.3) is 16.8 Å². The van der Waals surface area contributed by atoms with Gasteiger partial charge < -0.3 is 9.47 Å². The molecule has 25 heavy (non-hydrogen) atoms. The van der Waals surface area contributed by atoms with E-state index in [1.165, 1.54) is 0 Å². The van der Waals surface area contributed by atoms with Crippen LogP contribution in [0, 0.1) is 0 Å². The van der Waals surface area contributed by atoms with Crippen molar-refractivity contribution in [2.75, 3.05) is 7.11 Å². The molecule has 3 aromatic carbocycles. The van der Waals surface area contributed by atoms with Crippen LogP contribution in [0.4, 0.5) is 0 Å². The number of esters is 1. The van der Waals surface area contributed by atoms with Crippen molar-refractivity contribution in [1.29, 1.82) is 0 Å². The smallest absolute Gasteiger partial charge is 0.363 e. The molecule has 0 aliphatic carbocycles. The lowest BCUT2D eigenvalue weighted by Gasteiger charge is -2.04. The molecule has 0 bridgehead atoms. The van der Waals surface area contributed by atoms with Gasteiger partial charge in [0.15, 0.2) is 5.70 Å². The Kier molecular flexibility index (Phi) is 3.78. The van der Waals surface area contributed by atoms with Gasteiger partial charge in [-0.1, -0.05) is 48.5 Å². The number of aliphatic imine (C=N–C) groups is 1. The maximum atomic E-state index is 12.2. The molecule has 0 N–H and O–H groups in total. The molecule has 0 fully saturated rings. The van der Waals surface area contributed by atoms with Crippen LogP contribution in [0.15, 0.2) is 77.4 Å². The van der Waals surface area contributed by atoms with Crippen LogP contribution in [-0.4, -0.2) is 19.0 Å². The van der Waals surface area contributed by atoms with E-state index in [1.54, 1.807) is 13.2 Å². The van der Waals surface area contributed by atoms with Crippen molar-refractivity contribution < 1.29 is 14.3 Å². The Morgan fingerprint density at radius 2 is 1.72 bits per heavy atom. The summed E-state index contributed by atoms with van der Waals surface area (Å²) >= 11 is 0. The van der Waals surface area contributed by atoms with Crippen molar-refractivity contribution in [1.82, 2.24) is 0 Å². The van der Waals surface area contributed by atoms with Gasteiger partial charge in [0.2, 0.25) is 5.90 Å². The molecule has 4 nitrogen and oxygen atoms in total. The molecule has 1 heterocycles. The number of benzene rings is 3. The summed E-state index contributed by atoms with van der Waals surface area (Å²) in [6.45, 7) is 0. The van der Waals surface area contributed by atoms with Crippen molar-refractivity contribution >= 4 is 28.7 Å². The Morgan fingerprint density at radius 3 is 2.52 bits per heavy atom. The molecule has 122 valence electrons. The molecule has 1 aliphatic heterocycles. The van der Waals surface area contributed by atoms with Gasteiger partial charge in [0, 0.05) is 5.56 Å². The standard InChI is InChI=1S/C21H15NO3/c1-24-16-11-9-14(10-12-16)13-19-21(23)25-20(22-19)18-8-4-6-15-5-2-3-7-17(15)18/h2-13H,1H3/b19-13-. The molecular formula is C21H15NO3. The van der Waals surface area contributed by atoms with E-state index >= 15 is 0 Å². The average Bonchev–Trinajstić information content (AvgIpc) is 3.02. The van der Waals surface area contributed by atoms with Crippen molar-refractivity contribution in [2.45, 2.75) is 0 Å². The molecule has 0 amide bonds. The predicted molar refractivity (Wildman–Crippen MR) is 97.5 cm³/mol. The zero-order valence-corrected chi connectivity index (χ0v) is 13.6. The van der Waals surface area contributed by atoms with E-state index in [1.807, 2.05) is 66.7 Å². The van der Waals surface area contributed by atoms with Gasteiger partial charge in [0.25, 0.3) is 0 Å². The molecule has 0 aromatic heterocycles. The van der Waals surface area contributed by atoms with Gasteiger partial charge in [-0.15, -0.1) is 0 Å². The van der Waals surface area contributed by atoms with Gasteiger partial charge in [-0.3, -0.25) is 0 Å². The van der Waals surface area contributed by atoms with Crippen LogP contribution in [-0.2, 0) is 9.53 Å². The highest BCUT2D eigenvalue weighted by molar-refractivity contribution is 6.17. The van der Waals surface area contributed by atoms with Crippen molar-refractivity contribution in [3.63, 3.8) is 0 Å². The van der Waals surface area contributed by atoms with Crippen LogP contribution in [0.2, 0.25) is 0 Å². The minimum atomic E-state index is -0.446. The zero-order valence-electron chi connectivity index (χ0n) is 13.6. The van der Waals surface area contributed by atoms with Gasteiger partial charge in [0.05, 0.1) is 7.11 Å².